The van der Waals surface area contributed by atoms with Gasteiger partial charge in [-0.15, -0.1) is 0 Å². The number of aliphatic hydroxyl groups is 1. The molecule has 3 rings (SSSR count). The summed E-state index contributed by atoms with van der Waals surface area (Å²) in [5.41, 5.74) is 4.04. The second-order valence-corrected chi connectivity index (χ2v) is 3.88. The first-order valence-corrected chi connectivity index (χ1v) is 5.17. The van der Waals surface area contributed by atoms with Gasteiger partial charge in [0.05, 0.1) is 11.8 Å². The SMILES string of the molecule is OC1CCc2[nH]nc(-c3ccccc3)c21. The molecule has 1 unspecified atom stereocenters. The Bertz CT molecular complexity index is 476. The first-order valence-electron chi connectivity index (χ1n) is 5.17. The number of aryl methyl sites for hydroxylation is 1. The first kappa shape index (κ1) is 8.68. The van der Waals surface area contributed by atoms with Crippen molar-refractivity contribution < 1.29 is 5.11 Å². The summed E-state index contributed by atoms with van der Waals surface area (Å²) in [4.78, 5) is 0. The summed E-state index contributed by atoms with van der Waals surface area (Å²) < 4.78 is 0. The molecule has 1 aromatic heterocycles. The Labute approximate surface area is 87.8 Å². The van der Waals surface area contributed by atoms with Crippen molar-refractivity contribution in [3.8, 4) is 11.3 Å². The smallest absolute Gasteiger partial charge is 0.0981 e. The van der Waals surface area contributed by atoms with Gasteiger partial charge >= 0.3 is 0 Å². The van der Waals surface area contributed by atoms with Crippen LogP contribution in [0.15, 0.2) is 30.3 Å². The van der Waals surface area contributed by atoms with Gasteiger partial charge in [0, 0.05) is 16.8 Å². The van der Waals surface area contributed by atoms with Crippen LogP contribution in [-0.2, 0) is 6.42 Å². The summed E-state index contributed by atoms with van der Waals surface area (Å²) in [6.07, 6.45) is 1.36. The Kier molecular flexibility index (Phi) is 1.86. The first-order chi connectivity index (χ1) is 7.36. The van der Waals surface area contributed by atoms with Crippen molar-refractivity contribution in [2.24, 2.45) is 0 Å². The van der Waals surface area contributed by atoms with E-state index in [4.69, 9.17) is 0 Å². The second kappa shape index (κ2) is 3.21. The van der Waals surface area contributed by atoms with E-state index in [2.05, 4.69) is 10.2 Å². The van der Waals surface area contributed by atoms with E-state index in [1.807, 2.05) is 30.3 Å². The molecule has 0 radical (unpaired) electrons. The van der Waals surface area contributed by atoms with Gasteiger partial charge in [-0.25, -0.2) is 0 Å². The minimum Gasteiger partial charge on any atom is -0.388 e. The number of aromatic amines is 1. The number of benzene rings is 1. The third-order valence-corrected chi connectivity index (χ3v) is 2.93. The Morgan fingerprint density at radius 2 is 2.07 bits per heavy atom. The van der Waals surface area contributed by atoms with Crippen molar-refractivity contribution in [3.05, 3.63) is 41.6 Å². The van der Waals surface area contributed by atoms with Crippen LogP contribution in [0.2, 0.25) is 0 Å². The van der Waals surface area contributed by atoms with Crippen molar-refractivity contribution in [1.29, 1.82) is 0 Å². The largest absolute Gasteiger partial charge is 0.388 e. The molecule has 0 saturated heterocycles. The average molecular weight is 200 g/mol. The molecule has 0 amide bonds. The number of aliphatic hydroxyl groups excluding tert-OH is 1. The van der Waals surface area contributed by atoms with Crippen LogP contribution < -0.4 is 0 Å². The Morgan fingerprint density at radius 3 is 2.87 bits per heavy atom. The molecule has 1 aliphatic carbocycles. The number of nitrogens with one attached hydrogen (secondary N) is 1. The maximum atomic E-state index is 9.85. The lowest BCUT2D eigenvalue weighted by atomic mass is 10.1. The molecule has 0 saturated carbocycles. The van der Waals surface area contributed by atoms with Crippen molar-refractivity contribution >= 4 is 0 Å². The lowest BCUT2D eigenvalue weighted by Gasteiger charge is -2.03. The van der Waals surface area contributed by atoms with Gasteiger partial charge in [-0.1, -0.05) is 30.3 Å². The molecule has 0 spiro atoms. The highest BCUT2D eigenvalue weighted by Crippen LogP contribution is 2.36. The van der Waals surface area contributed by atoms with E-state index >= 15 is 0 Å². The fraction of sp³-hybridized carbons (Fsp3) is 0.250. The van der Waals surface area contributed by atoms with Crippen LogP contribution in [0.5, 0.6) is 0 Å². The van der Waals surface area contributed by atoms with Gasteiger partial charge in [0.15, 0.2) is 0 Å². The predicted molar refractivity (Wildman–Crippen MR) is 57.3 cm³/mol. The van der Waals surface area contributed by atoms with Crippen molar-refractivity contribution in [2.45, 2.75) is 18.9 Å². The lowest BCUT2D eigenvalue weighted by Crippen LogP contribution is -1.92. The zero-order valence-electron chi connectivity index (χ0n) is 8.27. The number of rotatable bonds is 1. The number of hydrogen-bond donors (Lipinski definition) is 2. The van der Waals surface area contributed by atoms with Crippen LogP contribution in [0.25, 0.3) is 11.3 Å². The van der Waals surface area contributed by atoms with Gasteiger partial charge < -0.3 is 5.11 Å². The van der Waals surface area contributed by atoms with Gasteiger partial charge in [-0.2, -0.15) is 5.10 Å². The molecule has 1 aromatic carbocycles. The van der Waals surface area contributed by atoms with E-state index in [1.54, 1.807) is 0 Å². The number of H-pyrrole nitrogens is 1. The Hall–Kier alpha value is -1.61. The van der Waals surface area contributed by atoms with Crippen LogP contribution in [0.1, 0.15) is 23.8 Å². The van der Waals surface area contributed by atoms with Gasteiger partial charge in [0.25, 0.3) is 0 Å². The van der Waals surface area contributed by atoms with Crippen LogP contribution in [-0.4, -0.2) is 15.3 Å². The second-order valence-electron chi connectivity index (χ2n) is 3.88. The van der Waals surface area contributed by atoms with E-state index in [0.717, 1.165) is 35.4 Å². The molecule has 1 atom stereocenters. The van der Waals surface area contributed by atoms with E-state index < -0.39 is 0 Å². The number of aromatic nitrogens is 2. The quantitative estimate of drug-likeness (QED) is 0.740. The number of nitrogens with zero attached hydrogens (tertiary/aromatic N) is 1. The van der Waals surface area contributed by atoms with Gasteiger partial charge in [-0.3, -0.25) is 5.10 Å². The third kappa shape index (κ3) is 1.27. The molecule has 15 heavy (non-hydrogen) atoms. The van der Waals surface area contributed by atoms with Crippen LogP contribution in [0.4, 0.5) is 0 Å². The Balaban J connectivity index is 2.15. The maximum absolute atomic E-state index is 9.85. The van der Waals surface area contributed by atoms with Crippen LogP contribution >= 0.6 is 0 Å². The third-order valence-electron chi connectivity index (χ3n) is 2.93. The minimum atomic E-state index is -0.353. The van der Waals surface area contributed by atoms with Crippen LogP contribution in [0.3, 0.4) is 0 Å². The zero-order chi connectivity index (χ0) is 10.3. The fourth-order valence-electron chi connectivity index (χ4n) is 2.18. The molecule has 2 aromatic rings. The molecular weight excluding hydrogens is 188 g/mol. The molecule has 3 heteroatoms. The van der Waals surface area contributed by atoms with Crippen molar-refractivity contribution in [2.75, 3.05) is 0 Å². The summed E-state index contributed by atoms with van der Waals surface area (Å²) in [6.45, 7) is 0. The van der Waals surface area contributed by atoms with E-state index in [0.29, 0.717) is 0 Å². The van der Waals surface area contributed by atoms with Crippen molar-refractivity contribution in [3.63, 3.8) is 0 Å². The highest BCUT2D eigenvalue weighted by Gasteiger charge is 2.26. The fourth-order valence-corrected chi connectivity index (χ4v) is 2.18. The molecule has 2 N–H and O–H groups in total. The standard InChI is InChI=1S/C12H12N2O/c15-10-7-6-9-11(10)12(14-13-9)8-4-2-1-3-5-8/h1-5,10,15H,6-7H2,(H,13,14). The van der Waals surface area contributed by atoms with E-state index in [9.17, 15) is 5.11 Å². The monoisotopic (exact) mass is 200 g/mol. The zero-order valence-corrected chi connectivity index (χ0v) is 8.27. The summed E-state index contributed by atoms with van der Waals surface area (Å²) in [6, 6.07) is 9.98. The lowest BCUT2D eigenvalue weighted by molar-refractivity contribution is 0.180. The maximum Gasteiger partial charge on any atom is 0.0981 e. The summed E-state index contributed by atoms with van der Waals surface area (Å²) in [5.74, 6) is 0. The van der Waals surface area contributed by atoms with Gasteiger partial charge in [-0.05, 0) is 12.8 Å². The topological polar surface area (TPSA) is 48.9 Å². The van der Waals surface area contributed by atoms with E-state index in [1.165, 1.54) is 0 Å². The molecular formula is C12H12N2O. The molecule has 3 nitrogen and oxygen atoms in total. The molecule has 1 aliphatic rings. The van der Waals surface area contributed by atoms with Crippen molar-refractivity contribution in [1.82, 2.24) is 10.2 Å². The van der Waals surface area contributed by atoms with E-state index in [-0.39, 0.29) is 6.10 Å². The molecule has 0 bridgehead atoms. The minimum absolute atomic E-state index is 0.353. The Morgan fingerprint density at radius 1 is 1.27 bits per heavy atom. The van der Waals surface area contributed by atoms with Crippen LogP contribution in [0, 0.1) is 0 Å². The van der Waals surface area contributed by atoms with Gasteiger partial charge in [0.2, 0.25) is 0 Å². The predicted octanol–water partition coefficient (Wildman–Crippen LogP) is 2.06. The summed E-state index contributed by atoms with van der Waals surface area (Å²) in [7, 11) is 0. The summed E-state index contributed by atoms with van der Waals surface area (Å²) >= 11 is 0. The normalized spacial score (nSPS) is 19.1. The molecule has 76 valence electrons. The molecule has 1 heterocycles. The molecule has 0 aliphatic heterocycles. The highest BCUT2D eigenvalue weighted by molar-refractivity contribution is 5.65. The average Bonchev–Trinajstić information content (AvgIpc) is 2.84. The number of hydrogen-bond acceptors (Lipinski definition) is 2. The highest BCUT2D eigenvalue weighted by atomic mass is 16.3. The summed E-state index contributed by atoms with van der Waals surface area (Å²) in [5, 5.41) is 17.1. The molecule has 0 fully saturated rings. The van der Waals surface area contributed by atoms with Gasteiger partial charge in [0.1, 0.15) is 0 Å². The number of fused-ring (bicyclic) bond motifs is 1.